The van der Waals surface area contributed by atoms with Gasteiger partial charge in [-0.05, 0) is 25.8 Å². The van der Waals surface area contributed by atoms with Crippen LogP contribution in [0.5, 0.6) is 0 Å². The summed E-state index contributed by atoms with van der Waals surface area (Å²) in [5, 5.41) is 9.20. The van der Waals surface area contributed by atoms with Gasteiger partial charge in [-0.3, -0.25) is 0 Å². The van der Waals surface area contributed by atoms with Crippen molar-refractivity contribution in [2.45, 2.75) is 26.7 Å². The van der Waals surface area contributed by atoms with Crippen LogP contribution in [0.1, 0.15) is 26.7 Å². The second-order valence-corrected chi connectivity index (χ2v) is 5.57. The van der Waals surface area contributed by atoms with E-state index in [4.69, 9.17) is 4.74 Å². The van der Waals surface area contributed by atoms with Crippen molar-refractivity contribution in [1.29, 1.82) is 0 Å². The van der Waals surface area contributed by atoms with Crippen LogP contribution < -0.4 is 0 Å². The summed E-state index contributed by atoms with van der Waals surface area (Å²) in [6.07, 6.45) is 2.37. The topological polar surface area (TPSA) is 32.7 Å². The Kier molecular flexibility index (Phi) is 5.03. The van der Waals surface area contributed by atoms with Crippen molar-refractivity contribution in [1.82, 2.24) is 4.90 Å². The van der Waals surface area contributed by atoms with Crippen molar-refractivity contribution >= 4 is 0 Å². The molecule has 15 heavy (non-hydrogen) atoms. The Balaban J connectivity index is 2.25. The van der Waals surface area contributed by atoms with Crippen molar-refractivity contribution in [2.24, 2.45) is 11.3 Å². The molecule has 1 heterocycles. The van der Waals surface area contributed by atoms with E-state index in [1.807, 2.05) is 0 Å². The minimum atomic E-state index is 0.0138. The molecule has 1 fully saturated rings. The van der Waals surface area contributed by atoms with Gasteiger partial charge < -0.3 is 14.7 Å². The molecule has 0 aromatic rings. The minimum Gasteiger partial charge on any atom is -0.396 e. The highest BCUT2D eigenvalue weighted by Crippen LogP contribution is 2.19. The Morgan fingerprint density at radius 2 is 1.93 bits per heavy atom. The average molecular weight is 215 g/mol. The van der Waals surface area contributed by atoms with Crippen molar-refractivity contribution in [3.05, 3.63) is 0 Å². The molecular formula is C12H25NO2. The van der Waals surface area contributed by atoms with E-state index in [0.29, 0.717) is 0 Å². The number of ether oxygens (including phenoxy) is 1. The lowest BCUT2D eigenvalue weighted by atomic mass is 9.93. The highest BCUT2D eigenvalue weighted by atomic mass is 16.5. The number of aliphatic hydroxyl groups is 1. The molecule has 0 bridgehead atoms. The summed E-state index contributed by atoms with van der Waals surface area (Å²) in [5.41, 5.74) is 0.0138. The van der Waals surface area contributed by atoms with Gasteiger partial charge in [0, 0.05) is 38.3 Å². The zero-order chi connectivity index (χ0) is 11.3. The molecule has 3 heteroatoms. The molecule has 0 aliphatic carbocycles. The molecule has 0 aromatic carbocycles. The largest absolute Gasteiger partial charge is 0.396 e. The normalized spacial score (nSPS) is 19.8. The molecule has 0 atom stereocenters. The van der Waals surface area contributed by atoms with Gasteiger partial charge in [0.05, 0.1) is 0 Å². The van der Waals surface area contributed by atoms with Crippen molar-refractivity contribution in [3.63, 3.8) is 0 Å². The van der Waals surface area contributed by atoms with E-state index in [-0.39, 0.29) is 12.0 Å². The molecule has 0 radical (unpaired) electrons. The summed E-state index contributed by atoms with van der Waals surface area (Å²) in [7, 11) is 2.15. The van der Waals surface area contributed by atoms with E-state index in [9.17, 15) is 5.11 Å². The first kappa shape index (κ1) is 12.9. The lowest BCUT2D eigenvalue weighted by Gasteiger charge is -2.32. The molecule has 0 spiro atoms. The number of rotatable bonds is 5. The molecule has 1 rings (SSSR count). The van der Waals surface area contributed by atoms with Gasteiger partial charge in [-0.15, -0.1) is 0 Å². The summed E-state index contributed by atoms with van der Waals surface area (Å²) >= 11 is 0. The Morgan fingerprint density at radius 1 is 1.33 bits per heavy atom. The fraction of sp³-hybridized carbons (Fsp3) is 1.00. The van der Waals surface area contributed by atoms with Crippen LogP contribution in [0.3, 0.4) is 0 Å². The first-order chi connectivity index (χ1) is 7.03. The van der Waals surface area contributed by atoms with Crippen LogP contribution in [0.15, 0.2) is 0 Å². The van der Waals surface area contributed by atoms with E-state index in [1.165, 1.54) is 12.8 Å². The molecule has 3 nitrogen and oxygen atoms in total. The summed E-state index contributed by atoms with van der Waals surface area (Å²) in [6.45, 7) is 8.39. The quantitative estimate of drug-likeness (QED) is 0.751. The average Bonchev–Trinajstić information content (AvgIpc) is 2.18. The van der Waals surface area contributed by atoms with Crippen LogP contribution in [0.4, 0.5) is 0 Å². The van der Waals surface area contributed by atoms with Gasteiger partial charge in [0.15, 0.2) is 0 Å². The fourth-order valence-electron chi connectivity index (χ4n) is 2.21. The van der Waals surface area contributed by atoms with Crippen LogP contribution in [0.2, 0.25) is 0 Å². The van der Waals surface area contributed by atoms with E-state index >= 15 is 0 Å². The summed E-state index contributed by atoms with van der Waals surface area (Å²) in [6, 6.07) is 0. The first-order valence-electron chi connectivity index (χ1n) is 5.91. The van der Waals surface area contributed by atoms with Gasteiger partial charge in [-0.2, -0.15) is 0 Å². The van der Waals surface area contributed by atoms with Crippen LogP contribution in [-0.4, -0.2) is 50.0 Å². The maximum Gasteiger partial charge on any atom is 0.0494 e. The number of hydrogen-bond donors (Lipinski definition) is 1. The predicted octanol–water partition coefficient (Wildman–Crippen LogP) is 1.36. The second-order valence-electron chi connectivity index (χ2n) is 5.57. The van der Waals surface area contributed by atoms with Crippen molar-refractivity contribution in [2.75, 3.05) is 40.0 Å². The molecule has 1 aliphatic rings. The molecule has 1 N–H and O–H groups in total. The van der Waals surface area contributed by atoms with Gasteiger partial charge in [-0.25, -0.2) is 0 Å². The van der Waals surface area contributed by atoms with Gasteiger partial charge in [0.25, 0.3) is 0 Å². The highest BCUT2D eigenvalue weighted by Gasteiger charge is 2.21. The third-order valence-electron chi connectivity index (χ3n) is 3.04. The zero-order valence-electron chi connectivity index (χ0n) is 10.3. The monoisotopic (exact) mass is 215 g/mol. The van der Waals surface area contributed by atoms with E-state index in [1.54, 1.807) is 0 Å². The van der Waals surface area contributed by atoms with E-state index in [2.05, 4.69) is 25.8 Å². The number of nitrogens with zero attached hydrogens (tertiary/aromatic N) is 1. The maximum absolute atomic E-state index is 9.20. The molecule has 1 saturated heterocycles. The second kappa shape index (κ2) is 5.83. The van der Waals surface area contributed by atoms with Crippen LogP contribution in [-0.2, 0) is 4.74 Å². The van der Waals surface area contributed by atoms with Gasteiger partial charge in [0.1, 0.15) is 0 Å². The van der Waals surface area contributed by atoms with E-state index < -0.39 is 0 Å². The molecule has 0 saturated carbocycles. The SMILES string of the molecule is CN(CC1CCOCC1)CC(C)(C)CO. The highest BCUT2D eigenvalue weighted by molar-refractivity contribution is 4.74. The van der Waals surface area contributed by atoms with Gasteiger partial charge in [-0.1, -0.05) is 13.8 Å². The molecule has 1 aliphatic heterocycles. The van der Waals surface area contributed by atoms with Crippen LogP contribution in [0, 0.1) is 11.3 Å². The third-order valence-corrected chi connectivity index (χ3v) is 3.04. The van der Waals surface area contributed by atoms with E-state index in [0.717, 1.165) is 32.2 Å². The Morgan fingerprint density at radius 3 is 2.47 bits per heavy atom. The van der Waals surface area contributed by atoms with Crippen LogP contribution >= 0.6 is 0 Å². The Bertz CT molecular complexity index is 176. The molecular weight excluding hydrogens is 190 g/mol. The third kappa shape index (κ3) is 4.96. The standard InChI is InChI=1S/C12H25NO2/c1-12(2,10-14)9-13(3)8-11-4-6-15-7-5-11/h11,14H,4-10H2,1-3H3. The summed E-state index contributed by atoms with van der Waals surface area (Å²) in [4.78, 5) is 2.34. The van der Waals surface area contributed by atoms with Crippen molar-refractivity contribution in [3.8, 4) is 0 Å². The lowest BCUT2D eigenvalue weighted by molar-refractivity contribution is 0.0461. The van der Waals surface area contributed by atoms with Crippen LogP contribution in [0.25, 0.3) is 0 Å². The number of aliphatic hydroxyl groups excluding tert-OH is 1. The Labute approximate surface area is 93.4 Å². The predicted molar refractivity (Wildman–Crippen MR) is 61.9 cm³/mol. The van der Waals surface area contributed by atoms with Gasteiger partial charge >= 0.3 is 0 Å². The first-order valence-corrected chi connectivity index (χ1v) is 5.91. The smallest absolute Gasteiger partial charge is 0.0494 e. The molecule has 90 valence electrons. The summed E-state index contributed by atoms with van der Waals surface area (Å²) < 4.78 is 5.34. The van der Waals surface area contributed by atoms with Gasteiger partial charge in [0.2, 0.25) is 0 Å². The number of hydrogen-bond acceptors (Lipinski definition) is 3. The Hall–Kier alpha value is -0.120. The summed E-state index contributed by atoms with van der Waals surface area (Å²) in [5.74, 6) is 0.776. The van der Waals surface area contributed by atoms with Crippen molar-refractivity contribution < 1.29 is 9.84 Å². The maximum atomic E-state index is 9.20. The lowest BCUT2D eigenvalue weighted by Crippen LogP contribution is -2.37. The molecule has 0 amide bonds. The fourth-order valence-corrected chi connectivity index (χ4v) is 2.21. The molecule has 0 aromatic heterocycles. The zero-order valence-corrected chi connectivity index (χ0v) is 10.3. The molecule has 0 unspecified atom stereocenters. The minimum absolute atomic E-state index is 0.0138.